The number of amides is 2. The van der Waals surface area contributed by atoms with Crippen molar-refractivity contribution >= 4 is 29.5 Å². The predicted octanol–water partition coefficient (Wildman–Crippen LogP) is 0.102. The molecule has 3 aromatic heterocycles. The van der Waals surface area contributed by atoms with Crippen molar-refractivity contribution in [1.82, 2.24) is 35.7 Å². The number of anilines is 2. The molecule has 0 saturated carbocycles. The van der Waals surface area contributed by atoms with Crippen molar-refractivity contribution in [2.45, 2.75) is 6.54 Å². The molecule has 2 amide bonds. The Morgan fingerprint density at radius 2 is 1.94 bits per heavy atom. The molecule has 0 saturated heterocycles. The van der Waals surface area contributed by atoms with E-state index >= 15 is 0 Å². The number of primary amides is 1. The fourth-order valence-electron chi connectivity index (χ4n) is 2.84. The molecule has 33 heavy (non-hydrogen) atoms. The minimum atomic E-state index is -0.637. The third-order valence-corrected chi connectivity index (χ3v) is 4.40. The lowest BCUT2D eigenvalue weighted by Crippen LogP contribution is -2.22. The lowest BCUT2D eigenvalue weighted by atomic mass is 10.1. The fourth-order valence-corrected chi connectivity index (χ4v) is 2.84. The molecule has 0 fully saturated rings. The standard InChI is InChI=1S/C19H17N11O3/c20-16-18(28-33-27-16)30-14(10-23-13-4-2-1-3-12(13)17(21)31)15(25-29-30)19(32)26-24-9-11-5-7-22-8-6-11/h1-9,23H,10H2,(H2,20,27)(H2,21,31)(H,26,32)/b24-9+. The van der Waals surface area contributed by atoms with Gasteiger partial charge < -0.3 is 16.8 Å². The maximum atomic E-state index is 12.8. The van der Waals surface area contributed by atoms with Crippen LogP contribution in [0.25, 0.3) is 5.82 Å². The van der Waals surface area contributed by atoms with E-state index in [0.29, 0.717) is 5.69 Å². The largest absolute Gasteiger partial charge is 0.379 e. The van der Waals surface area contributed by atoms with Gasteiger partial charge in [-0.25, -0.2) is 10.1 Å². The van der Waals surface area contributed by atoms with Crippen LogP contribution in [0, 0.1) is 0 Å². The monoisotopic (exact) mass is 447 g/mol. The Hall–Kier alpha value is -5.14. The van der Waals surface area contributed by atoms with Gasteiger partial charge in [0.2, 0.25) is 11.6 Å². The Balaban J connectivity index is 1.62. The van der Waals surface area contributed by atoms with E-state index in [2.05, 4.69) is 46.1 Å². The summed E-state index contributed by atoms with van der Waals surface area (Å²) in [5, 5.41) is 22.1. The van der Waals surface area contributed by atoms with Gasteiger partial charge in [-0.05, 0) is 40.1 Å². The molecule has 0 spiro atoms. The summed E-state index contributed by atoms with van der Waals surface area (Å²) in [4.78, 5) is 28.4. The topological polar surface area (TPSA) is 205 Å². The van der Waals surface area contributed by atoms with Gasteiger partial charge in [0.05, 0.1) is 24.0 Å². The first kappa shape index (κ1) is 21.1. The zero-order valence-corrected chi connectivity index (χ0v) is 16.9. The fraction of sp³-hybridized carbons (Fsp3) is 0.0526. The Morgan fingerprint density at radius 3 is 2.67 bits per heavy atom. The van der Waals surface area contributed by atoms with Crippen LogP contribution in [0.3, 0.4) is 0 Å². The first-order chi connectivity index (χ1) is 16.0. The molecule has 4 rings (SSSR count). The second-order valence-electron chi connectivity index (χ2n) is 6.51. The van der Waals surface area contributed by atoms with E-state index in [9.17, 15) is 9.59 Å². The summed E-state index contributed by atoms with van der Waals surface area (Å²) in [5.41, 5.74) is 15.3. The van der Waals surface area contributed by atoms with Gasteiger partial charge in [-0.2, -0.15) is 9.78 Å². The molecule has 3 heterocycles. The van der Waals surface area contributed by atoms with Gasteiger partial charge in [0.25, 0.3) is 11.8 Å². The van der Waals surface area contributed by atoms with E-state index in [1.807, 2.05) is 0 Å². The average Bonchev–Trinajstić information content (AvgIpc) is 3.44. The molecule has 0 radical (unpaired) electrons. The molecule has 0 aliphatic carbocycles. The molecule has 0 unspecified atom stereocenters. The zero-order chi connectivity index (χ0) is 23.2. The van der Waals surface area contributed by atoms with Crippen molar-refractivity contribution in [3.8, 4) is 5.82 Å². The summed E-state index contributed by atoms with van der Waals surface area (Å²) in [5.74, 6) is -1.26. The minimum Gasteiger partial charge on any atom is -0.379 e. The first-order valence-corrected chi connectivity index (χ1v) is 9.43. The molecular weight excluding hydrogens is 430 g/mol. The highest BCUT2D eigenvalue weighted by molar-refractivity contribution is 5.98. The number of nitrogens with one attached hydrogen (secondary N) is 2. The number of para-hydroxylation sites is 1. The number of hydrazone groups is 1. The van der Waals surface area contributed by atoms with Crippen LogP contribution < -0.4 is 22.2 Å². The second-order valence-corrected chi connectivity index (χ2v) is 6.51. The highest BCUT2D eigenvalue weighted by atomic mass is 16.6. The van der Waals surface area contributed by atoms with Crippen LogP contribution >= 0.6 is 0 Å². The van der Waals surface area contributed by atoms with Crippen LogP contribution in [-0.4, -0.2) is 48.3 Å². The SMILES string of the molecule is NC(=O)c1ccccc1NCc1c(C(=O)N/N=C/c2ccncc2)nnn1-c1nonc1N. The number of hydrogen-bond acceptors (Lipinski definition) is 11. The minimum absolute atomic E-state index is 0.000412. The van der Waals surface area contributed by atoms with E-state index in [1.54, 1.807) is 48.8 Å². The Morgan fingerprint density at radius 1 is 1.15 bits per heavy atom. The van der Waals surface area contributed by atoms with Crippen molar-refractivity contribution in [1.29, 1.82) is 0 Å². The number of nitrogen functional groups attached to an aromatic ring is 1. The quantitative estimate of drug-likeness (QED) is 0.212. The summed E-state index contributed by atoms with van der Waals surface area (Å²) in [6.07, 6.45) is 4.64. The van der Waals surface area contributed by atoms with Crippen LogP contribution in [-0.2, 0) is 6.54 Å². The molecule has 14 heteroatoms. The average molecular weight is 447 g/mol. The van der Waals surface area contributed by atoms with Gasteiger partial charge in [0.15, 0.2) is 5.69 Å². The zero-order valence-electron chi connectivity index (χ0n) is 16.9. The van der Waals surface area contributed by atoms with Gasteiger partial charge in [0.1, 0.15) is 0 Å². The molecule has 4 aromatic rings. The van der Waals surface area contributed by atoms with E-state index in [-0.39, 0.29) is 35.1 Å². The maximum absolute atomic E-state index is 12.8. The van der Waals surface area contributed by atoms with Gasteiger partial charge in [-0.15, -0.1) is 5.10 Å². The molecule has 166 valence electrons. The molecule has 14 nitrogen and oxygen atoms in total. The third kappa shape index (κ3) is 4.63. The Kier molecular flexibility index (Phi) is 5.97. The van der Waals surface area contributed by atoms with Crippen LogP contribution in [0.15, 0.2) is 58.5 Å². The van der Waals surface area contributed by atoms with E-state index in [4.69, 9.17) is 11.5 Å². The molecular formula is C19H17N11O3. The summed E-state index contributed by atoms with van der Waals surface area (Å²) in [6.45, 7) is 0.000412. The van der Waals surface area contributed by atoms with E-state index in [1.165, 1.54) is 10.9 Å². The van der Waals surface area contributed by atoms with E-state index < -0.39 is 11.8 Å². The number of benzene rings is 1. The van der Waals surface area contributed by atoms with Crippen molar-refractivity contribution in [3.05, 3.63) is 71.3 Å². The maximum Gasteiger partial charge on any atom is 0.293 e. The predicted molar refractivity (Wildman–Crippen MR) is 115 cm³/mol. The number of carbonyl (C=O) groups excluding carboxylic acids is 2. The van der Waals surface area contributed by atoms with Gasteiger partial charge >= 0.3 is 0 Å². The molecule has 1 aromatic carbocycles. The lowest BCUT2D eigenvalue weighted by molar-refractivity contribution is 0.0947. The number of rotatable bonds is 8. The van der Waals surface area contributed by atoms with E-state index in [0.717, 1.165) is 5.56 Å². The molecule has 0 bridgehead atoms. The number of nitrogens with two attached hydrogens (primary N) is 2. The van der Waals surface area contributed by atoms with Crippen molar-refractivity contribution in [2.24, 2.45) is 10.8 Å². The Labute approximate surface area is 185 Å². The first-order valence-electron chi connectivity index (χ1n) is 9.43. The van der Waals surface area contributed by atoms with Crippen molar-refractivity contribution in [3.63, 3.8) is 0 Å². The van der Waals surface area contributed by atoms with Gasteiger partial charge in [-0.1, -0.05) is 17.3 Å². The number of aromatic nitrogens is 6. The molecule has 0 aliphatic heterocycles. The highest BCUT2D eigenvalue weighted by Gasteiger charge is 2.24. The molecule has 0 atom stereocenters. The second kappa shape index (κ2) is 9.34. The van der Waals surface area contributed by atoms with Crippen LogP contribution in [0.4, 0.5) is 11.5 Å². The summed E-state index contributed by atoms with van der Waals surface area (Å²) >= 11 is 0. The van der Waals surface area contributed by atoms with Gasteiger partial charge in [0, 0.05) is 18.1 Å². The van der Waals surface area contributed by atoms with Crippen LogP contribution in [0.5, 0.6) is 0 Å². The van der Waals surface area contributed by atoms with Crippen molar-refractivity contribution < 1.29 is 14.2 Å². The lowest BCUT2D eigenvalue weighted by Gasteiger charge is -2.11. The summed E-state index contributed by atoms with van der Waals surface area (Å²) in [7, 11) is 0. The number of carbonyl (C=O) groups is 2. The molecule has 6 N–H and O–H groups in total. The van der Waals surface area contributed by atoms with Crippen LogP contribution in [0.2, 0.25) is 0 Å². The number of pyridine rings is 1. The van der Waals surface area contributed by atoms with Gasteiger partial charge in [-0.3, -0.25) is 14.6 Å². The third-order valence-electron chi connectivity index (χ3n) is 4.40. The summed E-state index contributed by atoms with van der Waals surface area (Å²) < 4.78 is 5.83. The summed E-state index contributed by atoms with van der Waals surface area (Å²) in [6, 6.07) is 10.1. The normalized spacial score (nSPS) is 10.9. The smallest absolute Gasteiger partial charge is 0.293 e. The number of nitrogens with zero attached hydrogens (tertiary/aromatic N) is 7. The Bertz CT molecular complexity index is 1310. The molecule has 0 aliphatic rings. The van der Waals surface area contributed by atoms with Crippen LogP contribution in [0.1, 0.15) is 32.1 Å². The highest BCUT2D eigenvalue weighted by Crippen LogP contribution is 2.19. The van der Waals surface area contributed by atoms with Crippen molar-refractivity contribution in [2.75, 3.05) is 11.1 Å². The number of hydrogen-bond donors (Lipinski definition) is 4.